The molecule has 0 heterocycles. The van der Waals surface area contributed by atoms with Gasteiger partial charge in [-0.25, -0.2) is 0 Å². The molecule has 0 unspecified atom stereocenters. The molecule has 0 aliphatic rings. The van der Waals surface area contributed by atoms with Gasteiger partial charge in [0.15, 0.2) is 0 Å². The summed E-state index contributed by atoms with van der Waals surface area (Å²) >= 11 is 0. The van der Waals surface area contributed by atoms with Crippen molar-refractivity contribution in [2.75, 3.05) is 0 Å². The Labute approximate surface area is 99.2 Å². The van der Waals surface area contributed by atoms with E-state index in [0.29, 0.717) is 0 Å². The minimum Gasteiger partial charge on any atom is -0.480 e. The zero-order valence-electron chi connectivity index (χ0n) is 9.74. The van der Waals surface area contributed by atoms with Gasteiger partial charge in [-0.05, 0) is 5.92 Å². The Morgan fingerprint density at radius 3 is 2.00 bits per heavy atom. The van der Waals surface area contributed by atoms with E-state index >= 15 is 0 Å². The normalized spacial score (nSPS) is 11.3. The molecular formula is C11H16N2O4. The van der Waals surface area contributed by atoms with Crippen LogP contribution in [0.5, 0.6) is 0 Å². The van der Waals surface area contributed by atoms with Crippen molar-refractivity contribution < 1.29 is 14.8 Å². The van der Waals surface area contributed by atoms with Crippen LogP contribution in [-0.2, 0) is 4.79 Å². The number of non-ortho nitro benzene ring substituents is 1. The number of nitrogens with two attached hydrogens (primary N) is 1. The summed E-state index contributed by atoms with van der Waals surface area (Å²) in [6, 6.07) is 7.22. The second-order valence-electron chi connectivity index (χ2n) is 3.70. The van der Waals surface area contributed by atoms with Crippen molar-refractivity contribution in [3.05, 3.63) is 40.4 Å². The van der Waals surface area contributed by atoms with Crippen LogP contribution in [0.4, 0.5) is 5.69 Å². The number of hydrogen-bond acceptors (Lipinski definition) is 4. The Morgan fingerprint density at radius 2 is 1.82 bits per heavy atom. The van der Waals surface area contributed by atoms with E-state index in [1.54, 1.807) is 32.0 Å². The summed E-state index contributed by atoms with van der Waals surface area (Å²) in [5.74, 6) is -0.910. The summed E-state index contributed by atoms with van der Waals surface area (Å²) < 4.78 is 0. The van der Waals surface area contributed by atoms with Crippen molar-refractivity contribution >= 4 is 11.7 Å². The van der Waals surface area contributed by atoms with E-state index in [-0.39, 0.29) is 11.6 Å². The van der Waals surface area contributed by atoms with E-state index in [4.69, 9.17) is 10.8 Å². The fourth-order valence-corrected chi connectivity index (χ4v) is 0.835. The highest BCUT2D eigenvalue weighted by atomic mass is 16.6. The maximum absolute atomic E-state index is 10.0. The van der Waals surface area contributed by atoms with Gasteiger partial charge < -0.3 is 10.8 Å². The number of para-hydroxylation sites is 1. The highest BCUT2D eigenvalue weighted by molar-refractivity contribution is 5.73. The molecule has 0 fully saturated rings. The third kappa shape index (κ3) is 6.26. The van der Waals surface area contributed by atoms with Crippen LogP contribution < -0.4 is 5.73 Å². The predicted octanol–water partition coefficient (Wildman–Crippen LogP) is 1.65. The number of aliphatic carboxylic acids is 1. The Balaban J connectivity index is 0.000000304. The molecule has 0 aliphatic heterocycles. The van der Waals surface area contributed by atoms with E-state index in [0.717, 1.165) is 0 Å². The van der Waals surface area contributed by atoms with Gasteiger partial charge in [0.1, 0.15) is 6.04 Å². The summed E-state index contributed by atoms with van der Waals surface area (Å²) in [5, 5.41) is 18.2. The van der Waals surface area contributed by atoms with Gasteiger partial charge in [0.05, 0.1) is 4.92 Å². The molecule has 1 aromatic carbocycles. The number of hydrogen-bond donors (Lipinski definition) is 2. The van der Waals surface area contributed by atoms with Crippen molar-refractivity contribution in [3.63, 3.8) is 0 Å². The Morgan fingerprint density at radius 1 is 1.35 bits per heavy atom. The summed E-state index contributed by atoms with van der Waals surface area (Å²) in [4.78, 5) is 19.6. The molecule has 94 valence electrons. The number of nitrogens with zero attached hydrogens (tertiary/aromatic N) is 1. The number of carboxylic acids is 1. The maximum atomic E-state index is 10.0. The van der Waals surface area contributed by atoms with Gasteiger partial charge in [0.25, 0.3) is 5.69 Å². The van der Waals surface area contributed by atoms with Crippen LogP contribution in [0.25, 0.3) is 0 Å². The lowest BCUT2D eigenvalue weighted by Crippen LogP contribution is -2.34. The fourth-order valence-electron chi connectivity index (χ4n) is 0.835. The van der Waals surface area contributed by atoms with E-state index < -0.39 is 16.9 Å². The maximum Gasteiger partial charge on any atom is 0.320 e. The van der Waals surface area contributed by atoms with Crippen molar-refractivity contribution in [3.8, 4) is 0 Å². The average Bonchev–Trinajstić information content (AvgIpc) is 2.29. The van der Waals surface area contributed by atoms with E-state index in [1.807, 2.05) is 0 Å². The van der Waals surface area contributed by atoms with Crippen molar-refractivity contribution in [2.24, 2.45) is 11.7 Å². The van der Waals surface area contributed by atoms with Gasteiger partial charge in [0, 0.05) is 12.1 Å². The molecule has 1 aromatic rings. The van der Waals surface area contributed by atoms with Crippen LogP contribution in [-0.4, -0.2) is 22.0 Å². The van der Waals surface area contributed by atoms with Crippen LogP contribution in [0.1, 0.15) is 13.8 Å². The number of nitro benzene ring substituents is 1. The summed E-state index contributed by atoms with van der Waals surface area (Å²) in [6.07, 6.45) is 0. The van der Waals surface area contributed by atoms with Gasteiger partial charge in [0.2, 0.25) is 0 Å². The van der Waals surface area contributed by atoms with Crippen molar-refractivity contribution in [1.82, 2.24) is 0 Å². The van der Waals surface area contributed by atoms with Crippen LogP contribution in [0.2, 0.25) is 0 Å². The standard InChI is InChI=1S/C6H5NO2.C5H11NO2/c8-7(9)6-4-2-1-3-5-6;1-3(2)4(6)5(7)8/h1-5H;3-4H,6H2,1-2H3,(H,7,8)/t;4-/m.0/s1. The monoisotopic (exact) mass is 240 g/mol. The molecule has 3 N–H and O–H groups in total. The zero-order valence-corrected chi connectivity index (χ0v) is 9.74. The molecule has 0 aromatic heterocycles. The molecule has 0 aliphatic carbocycles. The smallest absolute Gasteiger partial charge is 0.320 e. The molecule has 6 heteroatoms. The first kappa shape index (κ1) is 15.0. The first-order chi connectivity index (χ1) is 7.86. The molecule has 17 heavy (non-hydrogen) atoms. The summed E-state index contributed by atoms with van der Waals surface area (Å²) in [5.41, 5.74) is 5.30. The van der Waals surface area contributed by atoms with E-state index in [2.05, 4.69) is 0 Å². The fraction of sp³-hybridized carbons (Fsp3) is 0.364. The molecule has 0 radical (unpaired) electrons. The lowest BCUT2D eigenvalue weighted by Gasteiger charge is -2.07. The molecular weight excluding hydrogens is 224 g/mol. The highest BCUT2D eigenvalue weighted by Gasteiger charge is 2.14. The van der Waals surface area contributed by atoms with Crippen molar-refractivity contribution in [1.29, 1.82) is 0 Å². The number of carbonyl (C=O) groups is 1. The minimum absolute atomic E-state index is 0.0208. The SMILES string of the molecule is CC(C)[C@H](N)C(=O)O.O=[N+]([O-])c1ccccc1. The number of benzene rings is 1. The van der Waals surface area contributed by atoms with Gasteiger partial charge in [-0.2, -0.15) is 0 Å². The number of nitro groups is 1. The molecule has 6 nitrogen and oxygen atoms in total. The van der Waals surface area contributed by atoms with E-state index in [1.165, 1.54) is 12.1 Å². The van der Waals surface area contributed by atoms with Gasteiger partial charge >= 0.3 is 5.97 Å². The first-order valence-corrected chi connectivity index (χ1v) is 5.04. The van der Waals surface area contributed by atoms with E-state index in [9.17, 15) is 14.9 Å². The molecule has 0 spiro atoms. The first-order valence-electron chi connectivity index (χ1n) is 5.04. The number of rotatable bonds is 3. The lowest BCUT2D eigenvalue weighted by molar-refractivity contribution is -0.384. The third-order valence-corrected chi connectivity index (χ3v) is 1.97. The molecule has 1 atom stereocenters. The van der Waals surface area contributed by atoms with Crippen LogP contribution in [0, 0.1) is 16.0 Å². The topological polar surface area (TPSA) is 106 Å². The summed E-state index contributed by atoms with van der Waals surface area (Å²) in [6.45, 7) is 3.55. The molecule has 0 saturated carbocycles. The molecule has 1 rings (SSSR count). The average molecular weight is 240 g/mol. The van der Waals surface area contributed by atoms with Gasteiger partial charge in [-0.3, -0.25) is 14.9 Å². The molecule has 0 amide bonds. The largest absolute Gasteiger partial charge is 0.480 e. The Bertz CT molecular complexity index is 365. The second kappa shape index (κ2) is 7.34. The quantitative estimate of drug-likeness (QED) is 0.617. The van der Waals surface area contributed by atoms with Crippen LogP contribution in [0.15, 0.2) is 30.3 Å². The second-order valence-corrected chi connectivity index (χ2v) is 3.70. The summed E-state index contributed by atoms with van der Waals surface area (Å²) in [7, 11) is 0. The van der Waals surface area contributed by atoms with Crippen LogP contribution in [0.3, 0.4) is 0 Å². The number of carboxylic acid groups (broad SMARTS) is 1. The lowest BCUT2D eigenvalue weighted by atomic mass is 10.1. The highest BCUT2D eigenvalue weighted by Crippen LogP contribution is 2.06. The third-order valence-electron chi connectivity index (χ3n) is 1.97. The zero-order chi connectivity index (χ0) is 13.4. The molecule has 0 bridgehead atoms. The van der Waals surface area contributed by atoms with Gasteiger partial charge in [-0.15, -0.1) is 0 Å². The Kier molecular flexibility index (Phi) is 6.50. The van der Waals surface area contributed by atoms with Gasteiger partial charge in [-0.1, -0.05) is 32.0 Å². The Hall–Kier alpha value is -1.95. The molecule has 0 saturated heterocycles. The minimum atomic E-state index is -0.931. The van der Waals surface area contributed by atoms with Crippen LogP contribution >= 0.6 is 0 Å². The van der Waals surface area contributed by atoms with Crippen molar-refractivity contribution in [2.45, 2.75) is 19.9 Å². The predicted molar refractivity (Wildman–Crippen MR) is 63.5 cm³/mol.